The van der Waals surface area contributed by atoms with Crippen LogP contribution in [0.4, 0.5) is 18.9 Å². The number of carbonyl (C=O) groups excluding carboxylic acids is 1. The second-order valence-electron chi connectivity index (χ2n) is 8.36. The molecular formula is C20H23F3N4OS. The number of hydrogen-bond donors (Lipinski definition) is 2. The Morgan fingerprint density at radius 2 is 1.79 bits per heavy atom. The molecule has 1 amide bonds. The fraction of sp³-hybridized carbons (Fsp3) is 0.600. The summed E-state index contributed by atoms with van der Waals surface area (Å²) in [5, 5.41) is 12.5. The molecule has 9 heteroatoms. The summed E-state index contributed by atoms with van der Waals surface area (Å²) in [6.45, 7) is 1.81. The van der Waals surface area contributed by atoms with Crippen LogP contribution in [-0.4, -0.2) is 28.8 Å². The van der Waals surface area contributed by atoms with Crippen LogP contribution in [0.1, 0.15) is 60.9 Å². The number of nitriles is 1. The van der Waals surface area contributed by atoms with Crippen molar-refractivity contribution in [2.24, 2.45) is 5.41 Å². The number of benzene rings is 1. The molecule has 1 aliphatic heterocycles. The number of alkyl halides is 3. The van der Waals surface area contributed by atoms with E-state index in [2.05, 4.69) is 16.1 Å². The van der Waals surface area contributed by atoms with E-state index in [-0.39, 0.29) is 11.0 Å². The van der Waals surface area contributed by atoms with Crippen molar-refractivity contribution in [2.75, 3.05) is 17.8 Å². The van der Waals surface area contributed by atoms with Gasteiger partial charge in [0, 0.05) is 30.8 Å². The molecule has 0 unspecified atom stereocenters. The van der Waals surface area contributed by atoms with Crippen molar-refractivity contribution in [3.8, 4) is 6.07 Å². The number of anilines is 1. The van der Waals surface area contributed by atoms with Crippen molar-refractivity contribution in [3.63, 3.8) is 0 Å². The Labute approximate surface area is 172 Å². The third-order valence-electron chi connectivity index (χ3n) is 6.55. The van der Waals surface area contributed by atoms with E-state index in [0.29, 0.717) is 24.9 Å². The lowest BCUT2D eigenvalue weighted by molar-refractivity contribution is -0.137. The zero-order valence-electron chi connectivity index (χ0n) is 15.9. The van der Waals surface area contributed by atoms with Crippen molar-refractivity contribution in [1.29, 1.82) is 5.26 Å². The molecule has 0 spiro atoms. The van der Waals surface area contributed by atoms with E-state index in [1.54, 1.807) is 0 Å². The first kappa shape index (κ1) is 20.4. The molecular weight excluding hydrogens is 401 g/mol. The van der Waals surface area contributed by atoms with Crippen LogP contribution in [0.15, 0.2) is 18.2 Å². The van der Waals surface area contributed by atoms with Crippen molar-refractivity contribution in [1.82, 2.24) is 9.62 Å². The molecule has 0 atom stereocenters. The number of hydrogen-bond acceptors (Lipinski definition) is 5. The number of nitrogens with zero attached hydrogens (tertiary/aromatic N) is 2. The summed E-state index contributed by atoms with van der Waals surface area (Å²) in [4.78, 5) is 13.1. The second kappa shape index (κ2) is 7.40. The number of halogens is 3. The van der Waals surface area contributed by atoms with E-state index in [4.69, 9.17) is 0 Å². The molecule has 0 radical (unpaired) electrons. The van der Waals surface area contributed by atoms with Gasteiger partial charge in [0.25, 0.3) is 5.91 Å². The zero-order valence-corrected chi connectivity index (χ0v) is 16.8. The Hall–Kier alpha value is -1.92. The van der Waals surface area contributed by atoms with E-state index in [1.807, 2.05) is 4.31 Å². The molecule has 3 saturated carbocycles. The predicted molar refractivity (Wildman–Crippen MR) is 105 cm³/mol. The lowest BCUT2D eigenvalue weighted by atomic mass is 9.58. The van der Waals surface area contributed by atoms with Crippen molar-refractivity contribution < 1.29 is 18.0 Å². The average molecular weight is 424 g/mol. The molecule has 4 fully saturated rings. The SMILES string of the molecule is N#CC12CCC(NC(=O)c3cc(C(F)(F)F)ccc3NSN3CCC3)(CC1)CC2. The molecule has 5 rings (SSSR count). The third-order valence-corrected chi connectivity index (χ3v) is 7.49. The van der Waals surface area contributed by atoms with Crippen molar-refractivity contribution >= 4 is 23.7 Å². The fourth-order valence-corrected chi connectivity index (χ4v) is 5.18. The summed E-state index contributed by atoms with van der Waals surface area (Å²) in [6.07, 6.45) is 0.816. The minimum atomic E-state index is -4.52. The van der Waals surface area contributed by atoms with Crippen LogP contribution in [0.5, 0.6) is 0 Å². The molecule has 3 aliphatic carbocycles. The lowest BCUT2D eigenvalue weighted by Gasteiger charge is -2.50. The highest BCUT2D eigenvalue weighted by atomic mass is 32.2. The van der Waals surface area contributed by atoms with Gasteiger partial charge in [-0.25, -0.2) is 4.31 Å². The van der Waals surface area contributed by atoms with Gasteiger partial charge in [-0.3, -0.25) is 4.79 Å². The Kier molecular flexibility index (Phi) is 5.20. The first-order chi connectivity index (χ1) is 13.7. The Morgan fingerprint density at radius 1 is 1.14 bits per heavy atom. The van der Waals surface area contributed by atoms with Gasteiger partial charge in [0.15, 0.2) is 0 Å². The van der Waals surface area contributed by atoms with Crippen LogP contribution >= 0.6 is 12.1 Å². The number of carbonyl (C=O) groups is 1. The summed E-state index contributed by atoms with van der Waals surface area (Å²) in [6, 6.07) is 5.67. The van der Waals surface area contributed by atoms with Crippen LogP contribution in [-0.2, 0) is 6.18 Å². The number of fused-ring (bicyclic) bond motifs is 3. The molecule has 29 heavy (non-hydrogen) atoms. The van der Waals surface area contributed by atoms with Gasteiger partial charge in [-0.2, -0.15) is 18.4 Å². The van der Waals surface area contributed by atoms with Gasteiger partial charge in [-0.05, 0) is 63.1 Å². The van der Waals surface area contributed by atoms with E-state index in [0.717, 1.165) is 50.9 Å². The molecule has 2 bridgehead atoms. The summed E-state index contributed by atoms with van der Waals surface area (Å²) in [5.41, 5.74) is -1.17. The van der Waals surface area contributed by atoms with Gasteiger partial charge in [0.1, 0.15) is 0 Å². The molecule has 1 heterocycles. The highest BCUT2D eigenvalue weighted by molar-refractivity contribution is 7.98. The van der Waals surface area contributed by atoms with Gasteiger partial charge >= 0.3 is 6.18 Å². The summed E-state index contributed by atoms with van der Waals surface area (Å²) < 4.78 is 44.8. The predicted octanol–water partition coefficient (Wildman–Crippen LogP) is 4.73. The molecule has 156 valence electrons. The highest BCUT2D eigenvalue weighted by Gasteiger charge is 2.49. The van der Waals surface area contributed by atoms with E-state index >= 15 is 0 Å². The molecule has 5 nitrogen and oxygen atoms in total. The first-order valence-electron chi connectivity index (χ1n) is 9.87. The van der Waals surface area contributed by atoms with E-state index in [9.17, 15) is 23.2 Å². The van der Waals surface area contributed by atoms with Crippen molar-refractivity contribution in [3.05, 3.63) is 29.3 Å². The summed E-state index contributed by atoms with van der Waals surface area (Å²) >= 11 is 1.31. The lowest BCUT2D eigenvalue weighted by Crippen LogP contribution is -2.56. The minimum Gasteiger partial charge on any atom is -0.347 e. The molecule has 1 aromatic carbocycles. The van der Waals surface area contributed by atoms with Crippen LogP contribution in [0.2, 0.25) is 0 Å². The van der Waals surface area contributed by atoms with Gasteiger partial charge in [0.05, 0.1) is 28.3 Å². The second-order valence-corrected chi connectivity index (χ2v) is 9.26. The molecule has 4 aliphatic rings. The van der Waals surface area contributed by atoms with Crippen LogP contribution < -0.4 is 10.0 Å². The highest BCUT2D eigenvalue weighted by Crippen LogP contribution is 2.52. The maximum atomic E-state index is 13.2. The number of amides is 1. The zero-order chi connectivity index (χ0) is 20.7. The van der Waals surface area contributed by atoms with E-state index in [1.165, 1.54) is 18.2 Å². The Bertz CT molecular complexity index is 823. The average Bonchev–Trinajstić information content (AvgIpc) is 2.67. The minimum absolute atomic E-state index is 0.00455. The topological polar surface area (TPSA) is 68.2 Å². The van der Waals surface area contributed by atoms with Crippen molar-refractivity contribution in [2.45, 2.75) is 56.7 Å². The third kappa shape index (κ3) is 4.05. The maximum Gasteiger partial charge on any atom is 0.416 e. The monoisotopic (exact) mass is 424 g/mol. The van der Waals surface area contributed by atoms with Gasteiger partial charge < -0.3 is 10.0 Å². The molecule has 0 aromatic heterocycles. The molecule has 1 saturated heterocycles. The molecule has 1 aromatic rings. The standard InChI is InChI=1S/C20H23F3N4OS/c21-20(22,23)14-2-3-16(26-29-27-10-1-11-27)15(12-14)17(28)25-19-7-4-18(13-24,5-8-19)6-9-19/h2-3,12,26H,1,4-11H2,(H,25,28). The summed E-state index contributed by atoms with van der Waals surface area (Å²) in [5.74, 6) is -0.492. The van der Waals surface area contributed by atoms with Gasteiger partial charge in [-0.15, -0.1) is 0 Å². The quantitative estimate of drug-likeness (QED) is 0.669. The smallest absolute Gasteiger partial charge is 0.347 e. The number of rotatable bonds is 5. The first-order valence-corrected chi connectivity index (χ1v) is 10.6. The van der Waals surface area contributed by atoms with Gasteiger partial charge in [0.2, 0.25) is 0 Å². The summed E-state index contributed by atoms with van der Waals surface area (Å²) in [7, 11) is 0. The van der Waals surface area contributed by atoms with Crippen LogP contribution in [0.3, 0.4) is 0 Å². The van der Waals surface area contributed by atoms with Crippen LogP contribution in [0.25, 0.3) is 0 Å². The maximum absolute atomic E-state index is 13.2. The van der Waals surface area contributed by atoms with Crippen LogP contribution in [0, 0.1) is 16.7 Å². The number of nitrogens with one attached hydrogen (secondary N) is 2. The normalized spacial score (nSPS) is 29.0. The Morgan fingerprint density at radius 3 is 2.31 bits per heavy atom. The van der Waals surface area contributed by atoms with Gasteiger partial charge in [-0.1, -0.05) is 0 Å². The molecule has 2 N–H and O–H groups in total. The van der Waals surface area contributed by atoms with E-state index < -0.39 is 23.2 Å². The fourth-order valence-electron chi connectivity index (χ4n) is 4.34. The largest absolute Gasteiger partial charge is 0.416 e. The Balaban J connectivity index is 1.54.